The van der Waals surface area contributed by atoms with Gasteiger partial charge in [-0.2, -0.15) is 0 Å². The lowest BCUT2D eigenvalue weighted by atomic mass is 10.1. The molecule has 6 nitrogen and oxygen atoms in total. The molecule has 0 unspecified atom stereocenters. The lowest BCUT2D eigenvalue weighted by molar-refractivity contribution is -0.114. The first kappa shape index (κ1) is 20.7. The summed E-state index contributed by atoms with van der Waals surface area (Å²) >= 11 is 1.49. The Morgan fingerprint density at radius 3 is 2.71 bits per heavy atom. The van der Waals surface area contributed by atoms with Crippen molar-refractivity contribution < 1.29 is 18.7 Å². The maximum Gasteiger partial charge on any atom is 0.225 e. The molecule has 0 aliphatic heterocycles. The van der Waals surface area contributed by atoms with Crippen LogP contribution in [-0.4, -0.2) is 29.1 Å². The van der Waals surface area contributed by atoms with Crippen LogP contribution in [0.5, 0.6) is 11.6 Å². The van der Waals surface area contributed by atoms with E-state index in [1.165, 1.54) is 36.7 Å². The summed E-state index contributed by atoms with van der Waals surface area (Å²) in [5.41, 5.74) is 2.49. The number of anilines is 1. The summed E-state index contributed by atoms with van der Waals surface area (Å²) in [5.74, 6) is 0.763. The number of halogens is 1. The summed E-state index contributed by atoms with van der Waals surface area (Å²) in [6, 6.07) is 13.6. The smallest absolute Gasteiger partial charge is 0.225 e. The molecule has 0 saturated heterocycles. The molecule has 4 aromatic rings. The van der Waals surface area contributed by atoms with Crippen LogP contribution in [0.4, 0.5) is 10.1 Å². The predicted molar refractivity (Wildman–Crippen MR) is 119 cm³/mol. The van der Waals surface area contributed by atoms with E-state index in [0.29, 0.717) is 37.0 Å². The second-order valence-corrected chi connectivity index (χ2v) is 7.63. The van der Waals surface area contributed by atoms with Gasteiger partial charge in [0.1, 0.15) is 22.7 Å². The Labute approximate surface area is 182 Å². The minimum Gasteiger partial charge on any atom is -0.493 e. The summed E-state index contributed by atoms with van der Waals surface area (Å²) in [6.45, 7) is 2.33. The third-order valence-electron chi connectivity index (χ3n) is 4.44. The zero-order chi connectivity index (χ0) is 21.6. The summed E-state index contributed by atoms with van der Waals surface area (Å²) < 4.78 is 25.0. The monoisotopic (exact) mass is 437 g/mol. The Hall–Kier alpha value is -3.52. The van der Waals surface area contributed by atoms with Crippen molar-refractivity contribution in [3.05, 3.63) is 66.1 Å². The number of carbonyl (C=O) groups is 1. The van der Waals surface area contributed by atoms with Gasteiger partial charge in [-0.05, 0) is 29.8 Å². The predicted octanol–water partition coefficient (Wildman–Crippen LogP) is 5.30. The molecule has 2 aromatic heterocycles. The third kappa shape index (κ3) is 5.16. The molecule has 2 aromatic carbocycles. The summed E-state index contributed by atoms with van der Waals surface area (Å²) in [5, 5.41) is 5.53. The standard InChI is InChI=1S/C23H20FN3O3S/c1-15(28)27-18-4-2-5-19(12-18)29-10-3-11-30-22-21-20(13-31-23(21)26-14-25-22)16-6-8-17(24)9-7-16/h2,4-9,12-14H,3,10-11H2,1H3,(H,27,28). The van der Waals surface area contributed by atoms with E-state index in [-0.39, 0.29) is 11.7 Å². The van der Waals surface area contributed by atoms with E-state index in [1.54, 1.807) is 24.3 Å². The van der Waals surface area contributed by atoms with E-state index in [9.17, 15) is 9.18 Å². The Kier molecular flexibility index (Phi) is 6.37. The number of carbonyl (C=O) groups excluding carboxylic acids is 1. The van der Waals surface area contributed by atoms with Gasteiger partial charge >= 0.3 is 0 Å². The van der Waals surface area contributed by atoms with Crippen LogP contribution >= 0.6 is 11.3 Å². The van der Waals surface area contributed by atoms with Gasteiger partial charge in [-0.1, -0.05) is 18.2 Å². The van der Waals surface area contributed by atoms with Gasteiger partial charge in [0.05, 0.1) is 18.6 Å². The second kappa shape index (κ2) is 9.53. The van der Waals surface area contributed by atoms with Crippen LogP contribution in [0.3, 0.4) is 0 Å². The number of benzene rings is 2. The highest BCUT2D eigenvalue weighted by Gasteiger charge is 2.14. The van der Waals surface area contributed by atoms with Gasteiger partial charge in [0.25, 0.3) is 0 Å². The number of fused-ring (bicyclic) bond motifs is 1. The molecule has 0 aliphatic rings. The first-order valence-corrected chi connectivity index (χ1v) is 10.6. The first-order valence-electron chi connectivity index (χ1n) is 9.71. The quantitative estimate of drug-likeness (QED) is 0.379. The largest absolute Gasteiger partial charge is 0.493 e. The molecule has 0 radical (unpaired) electrons. The average Bonchev–Trinajstić information content (AvgIpc) is 3.19. The van der Waals surface area contributed by atoms with E-state index >= 15 is 0 Å². The molecule has 2 heterocycles. The zero-order valence-electron chi connectivity index (χ0n) is 16.8. The molecule has 0 aliphatic carbocycles. The lowest BCUT2D eigenvalue weighted by Gasteiger charge is -2.10. The van der Waals surface area contributed by atoms with Gasteiger partial charge in [0.15, 0.2) is 0 Å². The van der Waals surface area contributed by atoms with Gasteiger partial charge in [-0.15, -0.1) is 11.3 Å². The molecule has 158 valence electrons. The highest BCUT2D eigenvalue weighted by atomic mass is 32.1. The summed E-state index contributed by atoms with van der Waals surface area (Å²) in [7, 11) is 0. The van der Waals surface area contributed by atoms with Gasteiger partial charge in [-0.25, -0.2) is 14.4 Å². The van der Waals surface area contributed by atoms with Crippen LogP contribution in [0, 0.1) is 5.82 Å². The van der Waals surface area contributed by atoms with Crippen molar-refractivity contribution in [2.75, 3.05) is 18.5 Å². The number of ether oxygens (including phenoxy) is 2. The number of thiophene rings is 1. The van der Waals surface area contributed by atoms with Gasteiger partial charge < -0.3 is 14.8 Å². The molecule has 0 atom stereocenters. The molecule has 31 heavy (non-hydrogen) atoms. The van der Waals surface area contributed by atoms with Gasteiger partial charge in [0, 0.05) is 36.0 Å². The van der Waals surface area contributed by atoms with Crippen molar-refractivity contribution in [2.45, 2.75) is 13.3 Å². The fraction of sp³-hybridized carbons (Fsp3) is 0.174. The van der Waals surface area contributed by atoms with Crippen LogP contribution in [0.25, 0.3) is 21.3 Å². The molecule has 0 bridgehead atoms. The number of aromatic nitrogens is 2. The second-order valence-electron chi connectivity index (χ2n) is 6.77. The number of hydrogen-bond donors (Lipinski definition) is 1. The van der Waals surface area contributed by atoms with Crippen LogP contribution in [0.15, 0.2) is 60.2 Å². The van der Waals surface area contributed by atoms with Gasteiger partial charge in [0.2, 0.25) is 11.8 Å². The molecule has 1 N–H and O–H groups in total. The van der Waals surface area contributed by atoms with Gasteiger partial charge in [-0.3, -0.25) is 4.79 Å². The van der Waals surface area contributed by atoms with E-state index in [1.807, 2.05) is 17.5 Å². The Balaban J connectivity index is 1.38. The van der Waals surface area contributed by atoms with Crippen LogP contribution < -0.4 is 14.8 Å². The Bertz CT molecular complexity index is 1190. The van der Waals surface area contributed by atoms with Crippen molar-refractivity contribution in [3.63, 3.8) is 0 Å². The first-order chi connectivity index (χ1) is 15.1. The van der Waals surface area contributed by atoms with Crippen LogP contribution in [-0.2, 0) is 4.79 Å². The highest BCUT2D eigenvalue weighted by molar-refractivity contribution is 7.17. The fourth-order valence-corrected chi connectivity index (χ4v) is 3.99. The number of nitrogens with zero attached hydrogens (tertiary/aromatic N) is 2. The normalized spacial score (nSPS) is 10.8. The number of rotatable bonds is 8. The third-order valence-corrected chi connectivity index (χ3v) is 5.33. The van der Waals surface area contributed by atoms with Crippen LogP contribution in [0.1, 0.15) is 13.3 Å². The molecule has 0 saturated carbocycles. The fourth-order valence-electron chi connectivity index (χ4n) is 3.08. The SMILES string of the molecule is CC(=O)Nc1cccc(OCCCOc2ncnc3scc(-c4ccc(F)cc4)c23)c1. The Morgan fingerprint density at radius 1 is 1.10 bits per heavy atom. The Morgan fingerprint density at radius 2 is 1.90 bits per heavy atom. The maximum atomic E-state index is 13.3. The average molecular weight is 437 g/mol. The minimum atomic E-state index is -0.279. The molecular weight excluding hydrogens is 417 g/mol. The van der Waals surface area contributed by atoms with E-state index in [0.717, 1.165) is 21.3 Å². The highest BCUT2D eigenvalue weighted by Crippen LogP contribution is 2.37. The molecular formula is C23H20FN3O3S. The van der Waals surface area contributed by atoms with Crippen molar-refractivity contribution in [1.29, 1.82) is 0 Å². The lowest BCUT2D eigenvalue weighted by Crippen LogP contribution is -2.07. The molecule has 0 spiro atoms. The van der Waals surface area contributed by atoms with Crippen molar-refractivity contribution in [2.24, 2.45) is 0 Å². The van der Waals surface area contributed by atoms with Crippen molar-refractivity contribution >= 4 is 33.1 Å². The molecule has 8 heteroatoms. The molecule has 4 rings (SSSR count). The summed E-state index contributed by atoms with van der Waals surface area (Å²) in [6.07, 6.45) is 2.12. The number of amides is 1. The molecule has 0 fully saturated rings. The van der Waals surface area contributed by atoms with Crippen molar-refractivity contribution in [3.8, 4) is 22.8 Å². The number of nitrogens with one attached hydrogen (secondary N) is 1. The van der Waals surface area contributed by atoms with Crippen molar-refractivity contribution in [1.82, 2.24) is 9.97 Å². The van der Waals surface area contributed by atoms with Crippen LogP contribution in [0.2, 0.25) is 0 Å². The summed E-state index contributed by atoms with van der Waals surface area (Å²) in [4.78, 5) is 20.6. The molecule has 1 amide bonds. The van der Waals surface area contributed by atoms with E-state index < -0.39 is 0 Å². The van der Waals surface area contributed by atoms with E-state index in [2.05, 4.69) is 15.3 Å². The van der Waals surface area contributed by atoms with E-state index in [4.69, 9.17) is 9.47 Å². The maximum absolute atomic E-state index is 13.3. The zero-order valence-corrected chi connectivity index (χ0v) is 17.6. The minimum absolute atomic E-state index is 0.129. The topological polar surface area (TPSA) is 73.3 Å². The number of hydrogen-bond acceptors (Lipinski definition) is 6.